The van der Waals surface area contributed by atoms with Gasteiger partial charge in [0.1, 0.15) is 5.82 Å². The number of nitrogens with zero attached hydrogens (tertiary/aromatic N) is 2. The highest BCUT2D eigenvalue weighted by molar-refractivity contribution is 5.91. The Kier molecular flexibility index (Phi) is 5.60. The van der Waals surface area contributed by atoms with E-state index < -0.39 is 0 Å². The molecule has 8 heteroatoms. The Hall–Kier alpha value is -3.49. The van der Waals surface area contributed by atoms with Gasteiger partial charge in [0.2, 0.25) is 0 Å². The van der Waals surface area contributed by atoms with Crippen LogP contribution in [-0.4, -0.2) is 31.3 Å². The van der Waals surface area contributed by atoms with Crippen LogP contribution in [0.4, 0.5) is 17.2 Å². The summed E-state index contributed by atoms with van der Waals surface area (Å²) in [4.78, 5) is 18.3. The Morgan fingerprint density at radius 1 is 1.13 bits per heavy atom. The number of nitrogens with two attached hydrogens (primary N) is 3. The molecule has 0 amide bonds. The standard InChI is InChI=1S/C22H26N6O2/c23-15-5-7-16(8-6-15)28(25)14-19(24)17-3-1-4-18-20(29)13-21(26-22(17)18)27-9-2-11-30-12-10-27/h1,3-8,13-14H,2,9-12,23-25H2,(H,26,29)/b19-14-. The molecular formula is C22H26N6O2. The molecule has 1 saturated heterocycles. The molecule has 0 aliphatic carbocycles. The summed E-state index contributed by atoms with van der Waals surface area (Å²) in [6, 6.07) is 14.3. The molecule has 4 rings (SSSR count). The average molecular weight is 406 g/mol. The summed E-state index contributed by atoms with van der Waals surface area (Å²) in [5.41, 5.74) is 15.3. The van der Waals surface area contributed by atoms with Crippen LogP contribution < -0.4 is 32.6 Å². The molecule has 0 unspecified atom stereocenters. The maximum absolute atomic E-state index is 12.8. The Labute approximate surface area is 174 Å². The lowest BCUT2D eigenvalue weighted by Gasteiger charge is -2.22. The first-order chi connectivity index (χ1) is 14.5. The average Bonchev–Trinajstić information content (AvgIpc) is 3.03. The number of ether oxygens (including phenoxy) is 1. The number of pyridine rings is 1. The van der Waals surface area contributed by atoms with Crippen molar-refractivity contribution in [1.82, 2.24) is 4.98 Å². The van der Waals surface area contributed by atoms with Crippen LogP contribution in [-0.2, 0) is 4.74 Å². The summed E-state index contributed by atoms with van der Waals surface area (Å²) in [5.74, 6) is 6.93. The fraction of sp³-hybridized carbons (Fsp3) is 0.227. The number of hydrazine groups is 1. The van der Waals surface area contributed by atoms with E-state index in [1.807, 2.05) is 24.3 Å². The van der Waals surface area contributed by atoms with Crippen molar-refractivity contribution < 1.29 is 4.74 Å². The molecule has 8 nitrogen and oxygen atoms in total. The molecular weight excluding hydrogens is 380 g/mol. The van der Waals surface area contributed by atoms with Gasteiger partial charge >= 0.3 is 0 Å². The zero-order valence-electron chi connectivity index (χ0n) is 16.7. The first-order valence-corrected chi connectivity index (χ1v) is 9.89. The number of nitrogen functional groups attached to an aromatic ring is 1. The van der Waals surface area contributed by atoms with Crippen LogP contribution in [0.1, 0.15) is 12.0 Å². The molecule has 1 aromatic heterocycles. The van der Waals surface area contributed by atoms with E-state index in [-0.39, 0.29) is 5.43 Å². The lowest BCUT2D eigenvalue weighted by Crippen LogP contribution is -2.28. The Bertz CT molecular complexity index is 1110. The number of fused-ring (bicyclic) bond motifs is 1. The summed E-state index contributed by atoms with van der Waals surface area (Å²) >= 11 is 0. The summed E-state index contributed by atoms with van der Waals surface area (Å²) < 4.78 is 5.53. The largest absolute Gasteiger partial charge is 0.399 e. The normalized spacial score (nSPS) is 15.2. The minimum absolute atomic E-state index is 0.0540. The zero-order chi connectivity index (χ0) is 21.1. The van der Waals surface area contributed by atoms with Gasteiger partial charge in [-0.2, -0.15) is 0 Å². The first-order valence-electron chi connectivity index (χ1n) is 9.89. The molecule has 1 aliphatic rings. The molecule has 30 heavy (non-hydrogen) atoms. The van der Waals surface area contributed by atoms with Gasteiger partial charge in [-0.05, 0) is 36.8 Å². The number of aromatic amines is 1. The third-order valence-electron chi connectivity index (χ3n) is 5.19. The van der Waals surface area contributed by atoms with E-state index in [0.29, 0.717) is 34.5 Å². The molecule has 0 bridgehead atoms. The number of para-hydroxylation sites is 1. The van der Waals surface area contributed by atoms with E-state index in [4.69, 9.17) is 22.0 Å². The van der Waals surface area contributed by atoms with Crippen molar-refractivity contribution in [1.29, 1.82) is 0 Å². The van der Waals surface area contributed by atoms with Crippen LogP contribution in [0.5, 0.6) is 0 Å². The van der Waals surface area contributed by atoms with Crippen molar-refractivity contribution in [3.63, 3.8) is 0 Å². The molecule has 3 aromatic rings. The fourth-order valence-corrected chi connectivity index (χ4v) is 3.60. The lowest BCUT2D eigenvalue weighted by molar-refractivity contribution is 0.152. The second-order valence-electron chi connectivity index (χ2n) is 7.28. The quantitative estimate of drug-likeness (QED) is 0.296. The van der Waals surface area contributed by atoms with Crippen LogP contribution in [0, 0.1) is 0 Å². The van der Waals surface area contributed by atoms with Crippen molar-refractivity contribution in [2.24, 2.45) is 11.6 Å². The molecule has 0 radical (unpaired) electrons. The Morgan fingerprint density at radius 2 is 1.93 bits per heavy atom. The number of aromatic nitrogens is 1. The number of nitrogens with one attached hydrogen (secondary N) is 1. The third-order valence-corrected chi connectivity index (χ3v) is 5.19. The Morgan fingerprint density at radius 3 is 2.73 bits per heavy atom. The van der Waals surface area contributed by atoms with Crippen LogP contribution in [0.25, 0.3) is 16.6 Å². The van der Waals surface area contributed by atoms with E-state index >= 15 is 0 Å². The molecule has 7 N–H and O–H groups in total. The van der Waals surface area contributed by atoms with Crippen molar-refractivity contribution >= 4 is 33.8 Å². The van der Waals surface area contributed by atoms with E-state index in [1.54, 1.807) is 30.5 Å². The van der Waals surface area contributed by atoms with Gasteiger partial charge in [0.25, 0.3) is 0 Å². The van der Waals surface area contributed by atoms with Crippen molar-refractivity contribution in [3.8, 4) is 0 Å². The molecule has 1 aliphatic heterocycles. The zero-order valence-corrected chi connectivity index (χ0v) is 16.7. The second kappa shape index (κ2) is 8.48. The summed E-state index contributed by atoms with van der Waals surface area (Å²) in [6.07, 6.45) is 2.54. The fourth-order valence-electron chi connectivity index (χ4n) is 3.60. The second-order valence-corrected chi connectivity index (χ2v) is 7.28. The van der Waals surface area contributed by atoms with Gasteiger partial charge in [-0.1, -0.05) is 12.1 Å². The van der Waals surface area contributed by atoms with E-state index in [2.05, 4.69) is 9.88 Å². The summed E-state index contributed by atoms with van der Waals surface area (Å²) in [5, 5.41) is 2.01. The number of hydrogen-bond acceptors (Lipinski definition) is 7. The lowest BCUT2D eigenvalue weighted by atomic mass is 10.1. The first kappa shape index (κ1) is 19.8. The van der Waals surface area contributed by atoms with Gasteiger partial charge in [-0.3, -0.25) is 9.80 Å². The predicted octanol–water partition coefficient (Wildman–Crippen LogP) is 1.97. The molecule has 0 spiro atoms. The van der Waals surface area contributed by atoms with Gasteiger partial charge in [-0.25, -0.2) is 5.84 Å². The van der Waals surface area contributed by atoms with Gasteiger partial charge in [0, 0.05) is 48.6 Å². The number of anilines is 3. The van der Waals surface area contributed by atoms with E-state index in [9.17, 15) is 4.79 Å². The van der Waals surface area contributed by atoms with Crippen molar-refractivity contribution in [2.45, 2.75) is 6.42 Å². The summed E-state index contributed by atoms with van der Waals surface area (Å²) in [7, 11) is 0. The number of rotatable bonds is 4. The molecule has 1 fully saturated rings. The minimum Gasteiger partial charge on any atom is -0.399 e. The van der Waals surface area contributed by atoms with Crippen LogP contribution in [0.3, 0.4) is 0 Å². The van der Waals surface area contributed by atoms with E-state index in [0.717, 1.165) is 37.6 Å². The Balaban J connectivity index is 1.74. The van der Waals surface area contributed by atoms with Crippen LogP contribution >= 0.6 is 0 Å². The van der Waals surface area contributed by atoms with Crippen molar-refractivity contribution in [2.75, 3.05) is 41.9 Å². The minimum atomic E-state index is -0.0540. The molecule has 0 saturated carbocycles. The van der Waals surface area contributed by atoms with Crippen LogP contribution in [0.15, 0.2) is 59.5 Å². The molecule has 0 atom stereocenters. The SMILES string of the molecule is N/C(=C\N(N)c1ccc(N)cc1)c1cccc2c(=O)cc(N3CCCOCC3)[nH]c12. The van der Waals surface area contributed by atoms with Gasteiger partial charge in [0.05, 0.1) is 23.5 Å². The topological polar surface area (TPSA) is 127 Å². The van der Waals surface area contributed by atoms with Crippen LogP contribution in [0.2, 0.25) is 0 Å². The molecule has 2 aromatic carbocycles. The van der Waals surface area contributed by atoms with E-state index in [1.165, 1.54) is 5.01 Å². The number of H-pyrrole nitrogens is 1. The van der Waals surface area contributed by atoms with Gasteiger partial charge in [0.15, 0.2) is 5.43 Å². The van der Waals surface area contributed by atoms with Gasteiger partial charge in [-0.15, -0.1) is 0 Å². The molecule has 156 valence electrons. The van der Waals surface area contributed by atoms with Crippen molar-refractivity contribution in [3.05, 3.63) is 70.5 Å². The predicted molar refractivity (Wildman–Crippen MR) is 122 cm³/mol. The third kappa shape index (κ3) is 4.10. The summed E-state index contributed by atoms with van der Waals surface area (Å²) in [6.45, 7) is 2.91. The smallest absolute Gasteiger partial charge is 0.191 e. The maximum Gasteiger partial charge on any atom is 0.191 e. The number of benzene rings is 2. The highest BCUT2D eigenvalue weighted by Crippen LogP contribution is 2.23. The van der Waals surface area contributed by atoms with Gasteiger partial charge < -0.3 is 26.1 Å². The highest BCUT2D eigenvalue weighted by atomic mass is 16.5. The highest BCUT2D eigenvalue weighted by Gasteiger charge is 2.15. The molecule has 2 heterocycles. The monoisotopic (exact) mass is 406 g/mol. The maximum atomic E-state index is 12.8. The number of hydrogen-bond donors (Lipinski definition) is 4.